The Kier molecular flexibility index (Phi) is 5.59. The summed E-state index contributed by atoms with van der Waals surface area (Å²) in [6.45, 7) is 0. The summed E-state index contributed by atoms with van der Waals surface area (Å²) >= 11 is 0.322. The molecule has 0 amide bonds. The van der Waals surface area contributed by atoms with Crippen LogP contribution in [0.1, 0.15) is 0 Å². The second kappa shape index (κ2) is 9.98. The number of nitrogens with zero attached hydrogens (tertiary/aromatic N) is 2. The Morgan fingerprint density at radius 2 is 1.00 bits per heavy atom. The number of aromatic nitrogens is 1. The molecule has 0 atom stereocenters. The van der Waals surface area contributed by atoms with Gasteiger partial charge in [0.25, 0.3) is 0 Å². The third-order valence-corrected chi connectivity index (χ3v) is 11.6. The smallest absolute Gasteiger partial charge is 0.0602 e. The molecule has 0 saturated heterocycles. The number of fused-ring (bicyclic) bond motifs is 9. The summed E-state index contributed by atoms with van der Waals surface area (Å²) in [5, 5.41) is 7.42. The van der Waals surface area contributed by atoms with Crippen LogP contribution < -0.4 is 4.90 Å². The van der Waals surface area contributed by atoms with Gasteiger partial charge in [0.05, 0.1) is 0 Å². The van der Waals surface area contributed by atoms with Crippen LogP contribution in [0.15, 0.2) is 162 Å². The Balaban J connectivity index is 1.25. The molecule has 0 aliphatic rings. The molecule has 0 N–H and O–H groups in total. The molecule has 0 aliphatic carbocycles. The molecule has 46 heavy (non-hydrogen) atoms. The van der Waals surface area contributed by atoms with Gasteiger partial charge in [-0.25, -0.2) is 0 Å². The summed E-state index contributed by atoms with van der Waals surface area (Å²) < 4.78 is 11.5. The molecule has 4 heteroatoms. The van der Waals surface area contributed by atoms with Gasteiger partial charge in [-0.3, -0.25) is 0 Å². The van der Waals surface area contributed by atoms with E-state index in [2.05, 4.69) is 155 Å². The first-order valence-electron chi connectivity index (χ1n) is 15.5. The topological polar surface area (TPSA) is 21.3 Å². The minimum absolute atomic E-state index is 0.322. The molecule has 0 fully saturated rings. The first-order chi connectivity index (χ1) is 22.8. The number of hydrogen-bond donors (Lipinski definition) is 0. The molecule has 0 unspecified atom stereocenters. The van der Waals surface area contributed by atoms with E-state index in [-0.39, 0.29) is 0 Å². The molecule has 10 aromatic rings. The Bertz CT molecular complexity index is 2650. The number of para-hydroxylation sites is 3. The molecule has 3 heterocycles. The van der Waals surface area contributed by atoms with Crippen LogP contribution >= 0.6 is 0 Å². The Labute approximate surface area is 270 Å². The van der Waals surface area contributed by atoms with E-state index in [0.29, 0.717) is 14.5 Å². The van der Waals surface area contributed by atoms with Crippen LogP contribution in [0.3, 0.4) is 0 Å². The quantitative estimate of drug-likeness (QED) is 0.176. The van der Waals surface area contributed by atoms with Crippen LogP contribution in [0.2, 0.25) is 0 Å². The van der Waals surface area contributed by atoms with Gasteiger partial charge in [0.2, 0.25) is 0 Å². The number of rotatable bonds is 4. The minimum atomic E-state index is 0.322. The van der Waals surface area contributed by atoms with Gasteiger partial charge in [-0.05, 0) is 0 Å². The fourth-order valence-electron chi connectivity index (χ4n) is 7.11. The molecule has 0 aliphatic heterocycles. The summed E-state index contributed by atoms with van der Waals surface area (Å²) in [5.74, 6) is 0. The van der Waals surface area contributed by atoms with Crippen molar-refractivity contribution in [3.8, 4) is 5.69 Å². The molecule has 3 aromatic heterocycles. The summed E-state index contributed by atoms with van der Waals surface area (Å²) in [5.41, 5.74) is 8.73. The van der Waals surface area contributed by atoms with Crippen molar-refractivity contribution in [1.29, 1.82) is 0 Å². The van der Waals surface area contributed by atoms with Gasteiger partial charge in [-0.15, -0.1) is 0 Å². The molecule has 7 aromatic carbocycles. The van der Waals surface area contributed by atoms with E-state index in [1.54, 1.807) is 0 Å². The van der Waals surface area contributed by atoms with Crippen molar-refractivity contribution in [1.82, 2.24) is 4.57 Å². The van der Waals surface area contributed by atoms with Crippen LogP contribution in [0.25, 0.3) is 68.7 Å². The average Bonchev–Trinajstić information content (AvgIpc) is 3.78. The predicted molar refractivity (Wildman–Crippen MR) is 195 cm³/mol. The third-order valence-electron chi connectivity index (χ3n) is 9.17. The second-order valence-electron chi connectivity index (χ2n) is 11.8. The van der Waals surface area contributed by atoms with Crippen LogP contribution in [0.5, 0.6) is 0 Å². The average molecular weight is 654 g/mol. The maximum absolute atomic E-state index is 6.23. The zero-order chi connectivity index (χ0) is 30.2. The fourth-order valence-corrected chi connectivity index (χ4v) is 9.39. The molecular formula is C42H26N2OSe. The first-order valence-corrected chi connectivity index (χ1v) is 17.2. The Morgan fingerprint density at radius 3 is 1.87 bits per heavy atom. The summed E-state index contributed by atoms with van der Waals surface area (Å²) in [4.78, 5) is 2.41. The predicted octanol–water partition coefficient (Wildman–Crippen LogP) is 11.5. The summed E-state index contributed by atoms with van der Waals surface area (Å²) in [7, 11) is 0. The van der Waals surface area contributed by atoms with Gasteiger partial charge < -0.3 is 0 Å². The van der Waals surface area contributed by atoms with Crippen LogP contribution in [-0.2, 0) is 0 Å². The van der Waals surface area contributed by atoms with E-state index in [1.807, 2.05) is 12.1 Å². The van der Waals surface area contributed by atoms with Crippen LogP contribution in [-0.4, -0.2) is 19.1 Å². The van der Waals surface area contributed by atoms with Crippen LogP contribution in [0, 0.1) is 0 Å². The van der Waals surface area contributed by atoms with Crippen molar-refractivity contribution in [2.24, 2.45) is 0 Å². The van der Waals surface area contributed by atoms with Gasteiger partial charge in [-0.2, -0.15) is 0 Å². The SMILES string of the molecule is c1ccc(-n2c3ccccc3c3cc(N(c4ccc5oc6ccccc6c5c4)c4ccc5[se]c6ccccc6c5c4)ccc32)cc1. The van der Waals surface area contributed by atoms with E-state index < -0.39 is 0 Å². The van der Waals surface area contributed by atoms with Crippen molar-refractivity contribution in [3.05, 3.63) is 158 Å². The minimum Gasteiger partial charge on any atom is -0.0602 e. The molecule has 0 spiro atoms. The van der Waals surface area contributed by atoms with Gasteiger partial charge in [0.15, 0.2) is 0 Å². The maximum atomic E-state index is 6.23. The van der Waals surface area contributed by atoms with E-state index >= 15 is 0 Å². The molecule has 216 valence electrons. The van der Waals surface area contributed by atoms with Crippen molar-refractivity contribution in [2.75, 3.05) is 4.90 Å². The molecule has 3 nitrogen and oxygen atoms in total. The van der Waals surface area contributed by atoms with E-state index in [9.17, 15) is 0 Å². The third kappa shape index (κ3) is 3.85. The second-order valence-corrected chi connectivity index (χ2v) is 14.1. The van der Waals surface area contributed by atoms with Crippen LogP contribution in [0.4, 0.5) is 17.1 Å². The number of anilines is 3. The zero-order valence-corrected chi connectivity index (χ0v) is 26.4. The first kappa shape index (κ1) is 25.8. The van der Waals surface area contributed by atoms with Gasteiger partial charge in [-0.1, -0.05) is 18.2 Å². The number of benzene rings is 7. The van der Waals surface area contributed by atoms with E-state index in [1.165, 1.54) is 41.1 Å². The monoisotopic (exact) mass is 654 g/mol. The zero-order valence-electron chi connectivity index (χ0n) is 24.7. The van der Waals surface area contributed by atoms with Gasteiger partial charge in [0.1, 0.15) is 0 Å². The summed E-state index contributed by atoms with van der Waals surface area (Å²) in [6, 6.07) is 57.0. The molecule has 0 saturated carbocycles. The number of hydrogen-bond acceptors (Lipinski definition) is 2. The van der Waals surface area contributed by atoms with Crippen molar-refractivity contribution >= 4 is 94.6 Å². The molecule has 10 rings (SSSR count). The normalized spacial score (nSPS) is 11.9. The Morgan fingerprint density at radius 1 is 0.413 bits per heavy atom. The summed E-state index contributed by atoms with van der Waals surface area (Å²) in [6.07, 6.45) is 0. The molecular weight excluding hydrogens is 627 g/mol. The molecule has 0 bridgehead atoms. The van der Waals surface area contributed by atoms with Crippen molar-refractivity contribution < 1.29 is 4.42 Å². The van der Waals surface area contributed by atoms with E-state index in [0.717, 1.165) is 44.7 Å². The van der Waals surface area contributed by atoms with Crippen molar-refractivity contribution in [3.63, 3.8) is 0 Å². The number of furan rings is 1. The standard InChI is InChI=1S/C42H26N2OSe/c1-2-10-27(11-3-1)44-37-15-7-4-12-31(37)34-24-28(18-21-38(34)44)43(29-19-22-40-35(25-29)32-13-5-8-16-39(32)45-40)30-20-23-42-36(26-30)33-14-6-9-17-41(33)46-42/h1-26H. The fraction of sp³-hybridized carbons (Fsp3) is 0. The van der Waals surface area contributed by atoms with Crippen molar-refractivity contribution in [2.45, 2.75) is 0 Å². The van der Waals surface area contributed by atoms with Gasteiger partial charge >= 0.3 is 254 Å². The molecule has 0 radical (unpaired) electrons. The van der Waals surface area contributed by atoms with Gasteiger partial charge in [0, 0.05) is 0 Å². The Hall–Kier alpha value is -5.54. The van der Waals surface area contributed by atoms with E-state index in [4.69, 9.17) is 4.42 Å².